The van der Waals surface area contributed by atoms with Gasteiger partial charge in [-0.3, -0.25) is 0 Å². The van der Waals surface area contributed by atoms with E-state index < -0.39 is 0 Å². The Morgan fingerprint density at radius 3 is 3.00 bits per heavy atom. The Bertz CT molecular complexity index is 237. The van der Waals surface area contributed by atoms with Crippen LogP contribution in [0.3, 0.4) is 0 Å². The van der Waals surface area contributed by atoms with E-state index in [1.54, 1.807) is 7.11 Å². The first-order chi connectivity index (χ1) is 5.77. The third kappa shape index (κ3) is 2.19. The summed E-state index contributed by atoms with van der Waals surface area (Å²) >= 11 is 1.48. The van der Waals surface area contributed by atoms with Gasteiger partial charge >= 0.3 is 0 Å². The molecule has 1 aromatic heterocycles. The minimum atomic E-state index is 0.372. The second-order valence-electron chi connectivity index (χ2n) is 2.55. The van der Waals surface area contributed by atoms with Crippen LogP contribution in [0, 0.1) is 0 Å². The predicted molar refractivity (Wildman–Crippen MR) is 50.8 cm³/mol. The number of nitrogens with zero attached hydrogens (tertiary/aromatic N) is 1. The minimum Gasteiger partial charge on any atom is -0.480 e. The van der Waals surface area contributed by atoms with Gasteiger partial charge in [0.2, 0.25) is 5.88 Å². The molecule has 0 spiro atoms. The number of methoxy groups -OCH3 is 1. The summed E-state index contributed by atoms with van der Waals surface area (Å²) in [5.41, 5.74) is 0. The van der Waals surface area contributed by atoms with Gasteiger partial charge in [0.15, 0.2) is 0 Å². The van der Waals surface area contributed by atoms with E-state index in [2.05, 4.69) is 23.5 Å². The van der Waals surface area contributed by atoms with Crippen molar-refractivity contribution >= 4 is 11.5 Å². The standard InChI is InChI=1S/C8H14N2OS/c1-4-9-6(2)7-5-8(11-3)10-12-7/h5-6,9H,4H2,1-3H3. The monoisotopic (exact) mass is 186 g/mol. The Kier molecular flexibility index (Phi) is 3.49. The van der Waals surface area contributed by atoms with Crippen molar-refractivity contribution in [3.05, 3.63) is 10.9 Å². The zero-order chi connectivity index (χ0) is 8.97. The second kappa shape index (κ2) is 4.42. The molecule has 0 aliphatic carbocycles. The number of hydrogen-bond donors (Lipinski definition) is 1. The summed E-state index contributed by atoms with van der Waals surface area (Å²) in [4.78, 5) is 1.22. The molecule has 1 aromatic rings. The molecule has 0 saturated carbocycles. The molecule has 1 atom stereocenters. The maximum absolute atomic E-state index is 4.99. The lowest BCUT2D eigenvalue weighted by Gasteiger charge is -2.07. The van der Waals surface area contributed by atoms with Gasteiger partial charge in [-0.1, -0.05) is 6.92 Å². The van der Waals surface area contributed by atoms with Gasteiger partial charge in [0.25, 0.3) is 0 Å². The Morgan fingerprint density at radius 2 is 2.50 bits per heavy atom. The van der Waals surface area contributed by atoms with E-state index in [9.17, 15) is 0 Å². The van der Waals surface area contributed by atoms with E-state index in [1.807, 2.05) is 6.07 Å². The zero-order valence-electron chi connectivity index (χ0n) is 7.63. The molecule has 1 rings (SSSR count). The lowest BCUT2D eigenvalue weighted by molar-refractivity contribution is 0.402. The van der Waals surface area contributed by atoms with E-state index in [1.165, 1.54) is 16.4 Å². The van der Waals surface area contributed by atoms with Crippen molar-refractivity contribution in [2.75, 3.05) is 13.7 Å². The summed E-state index contributed by atoms with van der Waals surface area (Å²) in [5, 5.41) is 3.31. The van der Waals surface area contributed by atoms with Gasteiger partial charge < -0.3 is 10.1 Å². The first-order valence-electron chi connectivity index (χ1n) is 4.02. The summed E-state index contributed by atoms with van der Waals surface area (Å²) in [6.45, 7) is 5.19. The number of rotatable bonds is 4. The summed E-state index contributed by atoms with van der Waals surface area (Å²) in [6.07, 6.45) is 0. The van der Waals surface area contributed by atoms with Gasteiger partial charge in [-0.05, 0) is 25.0 Å². The van der Waals surface area contributed by atoms with E-state index in [0.29, 0.717) is 11.9 Å². The lowest BCUT2D eigenvalue weighted by Crippen LogP contribution is -2.16. The summed E-state index contributed by atoms with van der Waals surface area (Å²) in [6, 6.07) is 2.34. The van der Waals surface area contributed by atoms with Crippen molar-refractivity contribution < 1.29 is 4.74 Å². The van der Waals surface area contributed by atoms with Gasteiger partial charge in [-0.15, -0.1) is 0 Å². The highest BCUT2D eigenvalue weighted by molar-refractivity contribution is 7.06. The molecule has 0 aromatic carbocycles. The van der Waals surface area contributed by atoms with E-state index in [0.717, 1.165) is 6.54 Å². The van der Waals surface area contributed by atoms with Crippen molar-refractivity contribution in [3.8, 4) is 5.88 Å². The van der Waals surface area contributed by atoms with Crippen LogP contribution in [0.15, 0.2) is 6.07 Å². The summed E-state index contributed by atoms with van der Waals surface area (Å²) < 4.78 is 9.11. The van der Waals surface area contributed by atoms with Gasteiger partial charge in [0, 0.05) is 17.0 Å². The topological polar surface area (TPSA) is 34.1 Å². The first-order valence-corrected chi connectivity index (χ1v) is 4.79. The number of hydrogen-bond acceptors (Lipinski definition) is 4. The second-order valence-corrected chi connectivity index (χ2v) is 3.39. The van der Waals surface area contributed by atoms with Crippen molar-refractivity contribution in [1.29, 1.82) is 0 Å². The number of ether oxygens (including phenoxy) is 1. The Balaban J connectivity index is 2.61. The highest BCUT2D eigenvalue weighted by Crippen LogP contribution is 2.22. The molecule has 68 valence electrons. The maximum atomic E-state index is 4.99. The molecule has 0 bridgehead atoms. The quantitative estimate of drug-likeness (QED) is 0.779. The third-order valence-corrected chi connectivity index (χ3v) is 2.61. The maximum Gasteiger partial charge on any atom is 0.225 e. The lowest BCUT2D eigenvalue weighted by atomic mass is 10.3. The molecule has 0 aliphatic heterocycles. The van der Waals surface area contributed by atoms with Gasteiger partial charge in [-0.25, -0.2) is 0 Å². The molecule has 0 fully saturated rings. The Hall–Kier alpha value is -0.610. The van der Waals surface area contributed by atoms with Crippen molar-refractivity contribution in [1.82, 2.24) is 9.69 Å². The van der Waals surface area contributed by atoms with Crippen molar-refractivity contribution in [3.63, 3.8) is 0 Å². The average Bonchev–Trinajstić information content (AvgIpc) is 2.52. The van der Waals surface area contributed by atoms with Crippen molar-refractivity contribution in [2.45, 2.75) is 19.9 Å². The van der Waals surface area contributed by atoms with E-state index in [4.69, 9.17) is 4.74 Å². The Morgan fingerprint density at radius 1 is 1.75 bits per heavy atom. The van der Waals surface area contributed by atoms with Crippen LogP contribution in [0.2, 0.25) is 0 Å². The highest BCUT2D eigenvalue weighted by atomic mass is 32.1. The molecule has 1 N–H and O–H groups in total. The van der Waals surface area contributed by atoms with Crippen LogP contribution in [-0.2, 0) is 0 Å². The average molecular weight is 186 g/mol. The fourth-order valence-electron chi connectivity index (χ4n) is 0.979. The summed E-state index contributed by atoms with van der Waals surface area (Å²) in [7, 11) is 1.64. The van der Waals surface area contributed by atoms with Crippen LogP contribution in [-0.4, -0.2) is 18.0 Å². The normalized spacial score (nSPS) is 12.9. The van der Waals surface area contributed by atoms with Crippen LogP contribution in [0.4, 0.5) is 0 Å². The predicted octanol–water partition coefficient (Wildman–Crippen LogP) is 1.82. The van der Waals surface area contributed by atoms with Gasteiger partial charge in [-0.2, -0.15) is 4.37 Å². The molecule has 0 radical (unpaired) electrons. The third-order valence-electron chi connectivity index (χ3n) is 1.65. The molecule has 3 nitrogen and oxygen atoms in total. The largest absolute Gasteiger partial charge is 0.480 e. The fourth-order valence-corrected chi connectivity index (χ4v) is 1.70. The van der Waals surface area contributed by atoms with Crippen molar-refractivity contribution in [2.24, 2.45) is 0 Å². The smallest absolute Gasteiger partial charge is 0.225 e. The molecule has 0 aliphatic rings. The molecular formula is C8H14N2OS. The zero-order valence-corrected chi connectivity index (χ0v) is 8.44. The molecule has 1 heterocycles. The van der Waals surface area contributed by atoms with Gasteiger partial charge in [0.05, 0.1) is 7.11 Å². The molecular weight excluding hydrogens is 172 g/mol. The number of nitrogens with one attached hydrogen (secondary N) is 1. The minimum absolute atomic E-state index is 0.372. The van der Waals surface area contributed by atoms with Crippen LogP contribution in [0.1, 0.15) is 24.8 Å². The molecule has 12 heavy (non-hydrogen) atoms. The van der Waals surface area contributed by atoms with Gasteiger partial charge in [0.1, 0.15) is 0 Å². The SMILES string of the molecule is CCNC(C)c1cc(OC)ns1. The number of aromatic nitrogens is 1. The molecule has 1 unspecified atom stereocenters. The van der Waals surface area contributed by atoms with Crippen LogP contribution in [0.5, 0.6) is 5.88 Å². The molecule has 0 saturated heterocycles. The highest BCUT2D eigenvalue weighted by Gasteiger charge is 2.07. The molecule has 0 amide bonds. The summed E-state index contributed by atoms with van der Waals surface area (Å²) in [5.74, 6) is 0.708. The molecule has 4 heteroatoms. The first kappa shape index (κ1) is 9.48. The fraction of sp³-hybridized carbons (Fsp3) is 0.625. The van der Waals surface area contributed by atoms with E-state index in [-0.39, 0.29) is 0 Å². The van der Waals surface area contributed by atoms with Crippen LogP contribution < -0.4 is 10.1 Å². The van der Waals surface area contributed by atoms with Crippen LogP contribution >= 0.6 is 11.5 Å². The Labute approximate surface area is 76.9 Å². The van der Waals surface area contributed by atoms with Crippen LogP contribution in [0.25, 0.3) is 0 Å². The van der Waals surface area contributed by atoms with E-state index >= 15 is 0 Å².